The summed E-state index contributed by atoms with van der Waals surface area (Å²) in [5, 5.41) is 22.1. The summed E-state index contributed by atoms with van der Waals surface area (Å²) in [4.78, 5) is 10.9. The van der Waals surface area contributed by atoms with E-state index < -0.39 is 17.7 Å². The predicted molar refractivity (Wildman–Crippen MR) is 65.8 cm³/mol. The number of nitrogens with one attached hydrogen (secondary N) is 1. The number of benzene rings is 1. The molecule has 0 aliphatic carbocycles. The van der Waals surface area contributed by atoms with Crippen LogP contribution in [-0.2, 0) is 4.79 Å². The third kappa shape index (κ3) is 2.35. The molecule has 0 spiro atoms. The molecule has 6 heteroatoms. The van der Waals surface area contributed by atoms with Crippen LogP contribution in [-0.4, -0.2) is 29.8 Å². The molecule has 1 fully saturated rings. The highest BCUT2D eigenvalue weighted by Gasteiger charge is 2.33. The summed E-state index contributed by atoms with van der Waals surface area (Å²) in [6, 6.07) is 0.972. The van der Waals surface area contributed by atoms with E-state index in [1.807, 2.05) is 0 Å². The molecule has 3 N–H and O–H groups in total. The second-order valence-electron chi connectivity index (χ2n) is 4.70. The van der Waals surface area contributed by atoms with Crippen LogP contribution in [0.25, 0.3) is 0 Å². The third-order valence-corrected chi connectivity index (χ3v) is 3.49. The van der Waals surface area contributed by atoms with Crippen LogP contribution in [0, 0.1) is 18.7 Å². The SMILES string of the molecule is COc1c(F)cc(C)c(C2CC(C(=O)O)CN2)c1O. The molecule has 1 saturated heterocycles. The standard InChI is InChI=1S/C13H16FNO4/c1-6-3-8(14)12(19-2)11(16)10(6)9-4-7(5-15-9)13(17)18/h3,7,9,15-16H,4-5H2,1-2H3,(H,17,18). The molecule has 0 saturated carbocycles. The van der Waals surface area contributed by atoms with Crippen LogP contribution in [0.3, 0.4) is 0 Å². The number of halogens is 1. The number of hydrogen-bond acceptors (Lipinski definition) is 4. The third-order valence-electron chi connectivity index (χ3n) is 3.49. The molecule has 19 heavy (non-hydrogen) atoms. The highest BCUT2D eigenvalue weighted by Crippen LogP contribution is 2.41. The first kappa shape index (κ1) is 13.6. The molecule has 1 aliphatic rings. The van der Waals surface area contributed by atoms with Crippen LogP contribution in [0.1, 0.15) is 23.6 Å². The maximum Gasteiger partial charge on any atom is 0.307 e. The van der Waals surface area contributed by atoms with Crippen molar-refractivity contribution < 1.29 is 24.1 Å². The highest BCUT2D eigenvalue weighted by atomic mass is 19.1. The fraction of sp³-hybridized carbons (Fsp3) is 0.462. The second-order valence-corrected chi connectivity index (χ2v) is 4.70. The number of phenols is 1. The van der Waals surface area contributed by atoms with Crippen molar-refractivity contribution in [1.29, 1.82) is 0 Å². The Morgan fingerprint density at radius 3 is 2.79 bits per heavy atom. The average Bonchev–Trinajstić information content (AvgIpc) is 2.78. The molecule has 0 amide bonds. The molecule has 0 aromatic heterocycles. The van der Waals surface area contributed by atoms with Crippen molar-refractivity contribution in [3.05, 3.63) is 23.0 Å². The van der Waals surface area contributed by atoms with E-state index in [9.17, 15) is 14.3 Å². The van der Waals surface area contributed by atoms with Crippen molar-refractivity contribution in [3.63, 3.8) is 0 Å². The Hall–Kier alpha value is -1.82. The summed E-state index contributed by atoms with van der Waals surface area (Å²) in [6.45, 7) is 2.01. The van der Waals surface area contributed by atoms with Gasteiger partial charge < -0.3 is 20.3 Å². The maximum atomic E-state index is 13.6. The molecule has 2 rings (SSSR count). The number of carboxylic acid groups (broad SMARTS) is 1. The fourth-order valence-electron chi connectivity index (χ4n) is 2.53. The quantitative estimate of drug-likeness (QED) is 0.776. The van der Waals surface area contributed by atoms with Gasteiger partial charge in [-0.3, -0.25) is 4.79 Å². The Kier molecular flexibility index (Phi) is 3.61. The van der Waals surface area contributed by atoms with Gasteiger partial charge in [0, 0.05) is 18.2 Å². The molecule has 104 valence electrons. The number of phenolic OH excluding ortho intramolecular Hbond substituents is 1. The Bertz CT molecular complexity index is 518. The fourth-order valence-corrected chi connectivity index (χ4v) is 2.53. The van der Waals surface area contributed by atoms with Crippen molar-refractivity contribution in [2.24, 2.45) is 5.92 Å². The molecule has 0 radical (unpaired) electrons. The van der Waals surface area contributed by atoms with Gasteiger partial charge in [0.05, 0.1) is 13.0 Å². The first-order valence-electron chi connectivity index (χ1n) is 5.97. The minimum atomic E-state index is -0.874. The number of aryl methyl sites for hydroxylation is 1. The first-order chi connectivity index (χ1) is 8.95. The molecular weight excluding hydrogens is 253 g/mol. The van der Waals surface area contributed by atoms with Gasteiger partial charge in [0.15, 0.2) is 17.3 Å². The van der Waals surface area contributed by atoms with Gasteiger partial charge in [0.1, 0.15) is 0 Å². The largest absolute Gasteiger partial charge is 0.504 e. The topological polar surface area (TPSA) is 78.8 Å². The number of aromatic hydroxyl groups is 1. The van der Waals surface area contributed by atoms with Crippen molar-refractivity contribution in [3.8, 4) is 11.5 Å². The average molecular weight is 269 g/mol. The van der Waals surface area contributed by atoms with E-state index in [2.05, 4.69) is 5.32 Å². The van der Waals surface area contributed by atoms with Crippen molar-refractivity contribution in [2.75, 3.05) is 13.7 Å². The van der Waals surface area contributed by atoms with E-state index in [0.29, 0.717) is 24.1 Å². The number of aliphatic carboxylic acids is 1. The number of methoxy groups -OCH3 is 1. The van der Waals surface area contributed by atoms with Crippen LogP contribution in [0.15, 0.2) is 6.07 Å². The number of ether oxygens (including phenoxy) is 1. The molecule has 1 heterocycles. The van der Waals surface area contributed by atoms with Gasteiger partial charge in [-0.25, -0.2) is 4.39 Å². The summed E-state index contributed by atoms with van der Waals surface area (Å²) in [5.41, 5.74) is 1.07. The lowest BCUT2D eigenvalue weighted by molar-refractivity contribution is -0.141. The number of carbonyl (C=O) groups is 1. The monoisotopic (exact) mass is 269 g/mol. The van der Waals surface area contributed by atoms with Crippen molar-refractivity contribution in [1.82, 2.24) is 5.32 Å². The van der Waals surface area contributed by atoms with E-state index in [1.54, 1.807) is 6.92 Å². The predicted octanol–water partition coefficient (Wildman–Crippen LogP) is 1.58. The summed E-state index contributed by atoms with van der Waals surface area (Å²) >= 11 is 0. The van der Waals surface area contributed by atoms with Crippen LogP contribution in [0.5, 0.6) is 11.5 Å². The van der Waals surface area contributed by atoms with Crippen molar-refractivity contribution >= 4 is 5.97 Å². The lowest BCUT2D eigenvalue weighted by Crippen LogP contribution is -2.17. The zero-order valence-corrected chi connectivity index (χ0v) is 10.7. The lowest BCUT2D eigenvalue weighted by Gasteiger charge is -2.18. The van der Waals surface area contributed by atoms with Gasteiger partial charge in [-0.2, -0.15) is 0 Å². The van der Waals surface area contributed by atoms with Crippen LogP contribution in [0.2, 0.25) is 0 Å². The smallest absolute Gasteiger partial charge is 0.307 e. The van der Waals surface area contributed by atoms with E-state index >= 15 is 0 Å². The summed E-state index contributed by atoms with van der Waals surface area (Å²) in [7, 11) is 1.28. The van der Waals surface area contributed by atoms with E-state index in [-0.39, 0.29) is 17.5 Å². The Morgan fingerprint density at radius 2 is 2.26 bits per heavy atom. The molecular formula is C13H16FNO4. The van der Waals surface area contributed by atoms with Crippen molar-refractivity contribution in [2.45, 2.75) is 19.4 Å². The summed E-state index contributed by atoms with van der Waals surface area (Å²) in [5.74, 6) is -2.47. The normalized spacial score (nSPS) is 22.5. The molecule has 0 bridgehead atoms. The minimum absolute atomic E-state index is 0.207. The lowest BCUT2D eigenvalue weighted by atomic mass is 9.95. The van der Waals surface area contributed by atoms with E-state index in [0.717, 1.165) is 0 Å². The Morgan fingerprint density at radius 1 is 1.58 bits per heavy atom. The van der Waals surface area contributed by atoms with Crippen LogP contribution >= 0.6 is 0 Å². The first-order valence-corrected chi connectivity index (χ1v) is 5.97. The summed E-state index contributed by atoms with van der Waals surface area (Å²) < 4.78 is 18.4. The van der Waals surface area contributed by atoms with Gasteiger partial charge in [0.2, 0.25) is 0 Å². The highest BCUT2D eigenvalue weighted by molar-refractivity contribution is 5.71. The van der Waals surface area contributed by atoms with E-state index in [4.69, 9.17) is 9.84 Å². The van der Waals surface area contributed by atoms with Gasteiger partial charge in [-0.1, -0.05) is 0 Å². The molecule has 2 unspecified atom stereocenters. The van der Waals surface area contributed by atoms with Gasteiger partial charge in [0.25, 0.3) is 0 Å². The Labute approximate surface area is 110 Å². The summed E-state index contributed by atoms with van der Waals surface area (Å²) in [6.07, 6.45) is 0.360. The van der Waals surface area contributed by atoms with Gasteiger partial charge >= 0.3 is 5.97 Å². The molecule has 1 aromatic rings. The number of rotatable bonds is 3. The van der Waals surface area contributed by atoms with Gasteiger partial charge in [-0.15, -0.1) is 0 Å². The zero-order chi connectivity index (χ0) is 14.2. The molecule has 1 aliphatic heterocycles. The van der Waals surface area contributed by atoms with Crippen LogP contribution < -0.4 is 10.1 Å². The maximum absolute atomic E-state index is 13.6. The molecule has 1 aromatic carbocycles. The van der Waals surface area contributed by atoms with E-state index in [1.165, 1.54) is 13.2 Å². The number of carboxylic acids is 1. The Balaban J connectivity index is 2.38. The molecule has 2 atom stereocenters. The van der Waals surface area contributed by atoms with Gasteiger partial charge in [-0.05, 0) is 25.0 Å². The van der Waals surface area contributed by atoms with Crippen LogP contribution in [0.4, 0.5) is 4.39 Å². The second kappa shape index (κ2) is 5.05. The zero-order valence-electron chi connectivity index (χ0n) is 10.7. The number of hydrogen-bond donors (Lipinski definition) is 3. The molecule has 5 nitrogen and oxygen atoms in total. The minimum Gasteiger partial charge on any atom is -0.504 e.